The fourth-order valence-corrected chi connectivity index (χ4v) is 2.62. The summed E-state index contributed by atoms with van der Waals surface area (Å²) >= 11 is 0. The molecule has 0 fully saturated rings. The van der Waals surface area contributed by atoms with Gasteiger partial charge in [0, 0.05) is 30.4 Å². The minimum atomic E-state index is -1.07. The summed E-state index contributed by atoms with van der Waals surface area (Å²) in [7, 11) is 1.74. The van der Waals surface area contributed by atoms with Gasteiger partial charge in [-0.15, -0.1) is 10.2 Å². The Morgan fingerprint density at radius 2 is 2.04 bits per heavy atom. The molecule has 3 rings (SSSR count). The van der Waals surface area contributed by atoms with Gasteiger partial charge >= 0.3 is 0 Å². The van der Waals surface area contributed by atoms with Crippen molar-refractivity contribution in [3.05, 3.63) is 60.0 Å². The van der Waals surface area contributed by atoms with Crippen LogP contribution in [0.3, 0.4) is 0 Å². The highest BCUT2D eigenvalue weighted by Crippen LogP contribution is 2.24. The molecule has 0 saturated carbocycles. The number of hydrogen-bond acceptors (Lipinski definition) is 6. The second-order valence-corrected chi connectivity index (χ2v) is 5.55. The number of benzene rings is 1. The van der Waals surface area contributed by atoms with E-state index in [2.05, 4.69) is 15.2 Å². The summed E-state index contributed by atoms with van der Waals surface area (Å²) in [5.74, 6) is -0.199. The number of rotatable bonds is 6. The molecule has 7 nitrogen and oxygen atoms in total. The summed E-state index contributed by atoms with van der Waals surface area (Å²) in [6, 6.07) is 14.6. The standard InChI is InChI=1S/C19H17N5O2/c1-3-26-16-11-14(9-10-21-16)17(25)15(12-20)19-23-22-18(24(19)2)13-7-5-4-6-8-13/h4-11,15H,3H2,1-2H3/t15-/m1/s1. The monoisotopic (exact) mass is 347 g/mol. The molecule has 0 radical (unpaired) electrons. The van der Waals surface area contributed by atoms with E-state index in [-0.39, 0.29) is 5.78 Å². The third-order valence-corrected chi connectivity index (χ3v) is 3.90. The van der Waals surface area contributed by atoms with Gasteiger partial charge in [0.2, 0.25) is 5.88 Å². The molecule has 0 saturated heterocycles. The fraction of sp³-hybridized carbons (Fsp3) is 0.211. The average Bonchev–Trinajstić information content (AvgIpc) is 3.05. The average molecular weight is 347 g/mol. The predicted octanol–water partition coefficient (Wildman–Crippen LogP) is 2.77. The molecule has 3 aromatic rings. The number of ether oxygens (including phenoxy) is 1. The number of carbonyl (C=O) groups excluding carboxylic acids is 1. The number of nitrogens with zero attached hydrogens (tertiary/aromatic N) is 5. The lowest BCUT2D eigenvalue weighted by Gasteiger charge is -2.10. The van der Waals surface area contributed by atoms with E-state index in [0.717, 1.165) is 5.56 Å². The number of aromatic nitrogens is 4. The van der Waals surface area contributed by atoms with Crippen LogP contribution in [0.25, 0.3) is 11.4 Å². The van der Waals surface area contributed by atoms with E-state index in [4.69, 9.17) is 4.74 Å². The smallest absolute Gasteiger partial charge is 0.213 e. The summed E-state index contributed by atoms with van der Waals surface area (Å²) in [4.78, 5) is 16.9. The number of carbonyl (C=O) groups is 1. The summed E-state index contributed by atoms with van der Waals surface area (Å²) in [6.45, 7) is 2.27. The van der Waals surface area contributed by atoms with E-state index in [1.807, 2.05) is 43.3 Å². The molecule has 0 aliphatic heterocycles. The normalized spacial score (nSPS) is 11.6. The van der Waals surface area contributed by atoms with Crippen molar-refractivity contribution in [2.45, 2.75) is 12.8 Å². The van der Waals surface area contributed by atoms with Crippen molar-refractivity contribution in [1.29, 1.82) is 5.26 Å². The molecule has 1 aromatic carbocycles. The quantitative estimate of drug-likeness (QED) is 0.637. The number of Topliss-reactive ketones (excluding diaryl/α,β-unsaturated/α-hetero) is 1. The fourth-order valence-electron chi connectivity index (χ4n) is 2.62. The van der Waals surface area contributed by atoms with Gasteiger partial charge in [-0.1, -0.05) is 30.3 Å². The highest BCUT2D eigenvalue weighted by molar-refractivity contribution is 6.02. The first-order valence-corrected chi connectivity index (χ1v) is 8.13. The molecule has 0 unspecified atom stereocenters. The van der Waals surface area contributed by atoms with Crippen LogP contribution in [0.5, 0.6) is 5.88 Å². The molecule has 0 aliphatic rings. The Morgan fingerprint density at radius 1 is 1.27 bits per heavy atom. The van der Waals surface area contributed by atoms with Crippen molar-refractivity contribution >= 4 is 5.78 Å². The Morgan fingerprint density at radius 3 is 2.73 bits per heavy atom. The third kappa shape index (κ3) is 3.30. The van der Waals surface area contributed by atoms with Gasteiger partial charge in [0.05, 0.1) is 12.7 Å². The van der Waals surface area contributed by atoms with Gasteiger partial charge in [-0.05, 0) is 13.0 Å². The number of nitriles is 1. The van der Waals surface area contributed by atoms with Crippen molar-refractivity contribution in [2.75, 3.05) is 6.61 Å². The van der Waals surface area contributed by atoms with Crippen molar-refractivity contribution in [1.82, 2.24) is 19.7 Å². The van der Waals surface area contributed by atoms with E-state index in [1.54, 1.807) is 17.7 Å². The highest BCUT2D eigenvalue weighted by atomic mass is 16.5. The number of pyridine rings is 1. The summed E-state index contributed by atoms with van der Waals surface area (Å²) in [5.41, 5.74) is 1.21. The molecule has 130 valence electrons. The largest absolute Gasteiger partial charge is 0.478 e. The van der Waals surface area contributed by atoms with Crippen molar-refractivity contribution < 1.29 is 9.53 Å². The van der Waals surface area contributed by atoms with Crippen LogP contribution in [0.1, 0.15) is 29.0 Å². The van der Waals surface area contributed by atoms with E-state index < -0.39 is 5.92 Å². The van der Waals surface area contributed by atoms with Crippen LogP contribution in [-0.2, 0) is 7.05 Å². The van der Waals surface area contributed by atoms with Gasteiger partial charge in [0.25, 0.3) is 0 Å². The first kappa shape index (κ1) is 17.3. The van der Waals surface area contributed by atoms with Crippen molar-refractivity contribution in [3.63, 3.8) is 0 Å². The van der Waals surface area contributed by atoms with Gasteiger partial charge < -0.3 is 9.30 Å². The van der Waals surface area contributed by atoms with Crippen LogP contribution >= 0.6 is 0 Å². The summed E-state index contributed by atoms with van der Waals surface area (Å²) in [6.07, 6.45) is 1.48. The molecule has 0 amide bonds. The van der Waals surface area contributed by atoms with E-state index in [1.165, 1.54) is 12.3 Å². The molecular formula is C19H17N5O2. The molecule has 0 spiro atoms. The van der Waals surface area contributed by atoms with Crippen LogP contribution in [0, 0.1) is 11.3 Å². The van der Waals surface area contributed by atoms with Crippen LogP contribution in [0.4, 0.5) is 0 Å². The zero-order valence-electron chi connectivity index (χ0n) is 14.5. The maximum absolute atomic E-state index is 12.8. The molecule has 26 heavy (non-hydrogen) atoms. The van der Waals surface area contributed by atoms with E-state index in [9.17, 15) is 10.1 Å². The lowest BCUT2D eigenvalue weighted by molar-refractivity contribution is 0.0974. The highest BCUT2D eigenvalue weighted by Gasteiger charge is 2.28. The summed E-state index contributed by atoms with van der Waals surface area (Å²) in [5, 5.41) is 17.8. The Kier molecular flexibility index (Phi) is 5.04. The molecule has 7 heteroatoms. The van der Waals surface area contributed by atoms with Crippen LogP contribution in [-0.4, -0.2) is 32.1 Å². The molecule has 0 bridgehead atoms. The molecular weight excluding hydrogens is 330 g/mol. The van der Waals surface area contributed by atoms with Crippen molar-refractivity contribution in [2.24, 2.45) is 7.05 Å². The molecule has 1 atom stereocenters. The van der Waals surface area contributed by atoms with Gasteiger partial charge in [-0.2, -0.15) is 5.26 Å². The topological polar surface area (TPSA) is 93.7 Å². The van der Waals surface area contributed by atoms with Gasteiger partial charge in [-0.3, -0.25) is 4.79 Å². The Bertz CT molecular complexity index is 960. The Balaban J connectivity index is 1.95. The minimum Gasteiger partial charge on any atom is -0.478 e. The molecule has 0 N–H and O–H groups in total. The van der Waals surface area contributed by atoms with E-state index >= 15 is 0 Å². The summed E-state index contributed by atoms with van der Waals surface area (Å²) < 4.78 is 6.99. The second kappa shape index (κ2) is 7.57. The van der Waals surface area contributed by atoms with Crippen molar-refractivity contribution in [3.8, 4) is 23.3 Å². The van der Waals surface area contributed by atoms with Crippen LogP contribution < -0.4 is 4.74 Å². The Labute approximate surface area is 150 Å². The minimum absolute atomic E-state index is 0.297. The zero-order chi connectivity index (χ0) is 18.5. The first-order chi connectivity index (χ1) is 12.7. The van der Waals surface area contributed by atoms with E-state index in [0.29, 0.717) is 29.7 Å². The van der Waals surface area contributed by atoms with Crippen LogP contribution in [0.2, 0.25) is 0 Å². The predicted molar refractivity (Wildman–Crippen MR) is 94.5 cm³/mol. The lowest BCUT2D eigenvalue weighted by atomic mass is 9.99. The SMILES string of the molecule is CCOc1cc(C(=O)[C@@H](C#N)c2nnc(-c3ccccc3)n2C)ccn1. The maximum Gasteiger partial charge on any atom is 0.213 e. The zero-order valence-corrected chi connectivity index (χ0v) is 14.5. The molecule has 2 heterocycles. The molecule has 2 aromatic heterocycles. The Hall–Kier alpha value is -3.53. The van der Waals surface area contributed by atoms with Gasteiger partial charge in [0.15, 0.2) is 23.3 Å². The number of hydrogen-bond donors (Lipinski definition) is 0. The maximum atomic E-state index is 12.8. The second-order valence-electron chi connectivity index (χ2n) is 5.55. The lowest BCUT2D eigenvalue weighted by Crippen LogP contribution is -2.16. The first-order valence-electron chi connectivity index (χ1n) is 8.13. The van der Waals surface area contributed by atoms with Crippen LogP contribution in [0.15, 0.2) is 48.7 Å². The van der Waals surface area contributed by atoms with Gasteiger partial charge in [-0.25, -0.2) is 4.98 Å². The third-order valence-electron chi connectivity index (χ3n) is 3.90. The molecule has 0 aliphatic carbocycles. The van der Waals surface area contributed by atoms with Gasteiger partial charge in [0.1, 0.15) is 0 Å². The number of ketones is 1.